The van der Waals surface area contributed by atoms with E-state index in [9.17, 15) is 9.59 Å². The van der Waals surface area contributed by atoms with Gasteiger partial charge in [0.2, 0.25) is 11.8 Å². The van der Waals surface area contributed by atoms with Gasteiger partial charge in [-0.2, -0.15) is 0 Å². The molecule has 20 heavy (non-hydrogen) atoms. The second-order valence-corrected chi connectivity index (χ2v) is 6.46. The molecule has 5 nitrogen and oxygen atoms in total. The molecule has 1 N–H and O–H groups in total. The zero-order valence-corrected chi connectivity index (χ0v) is 12.0. The molecule has 2 amide bonds. The van der Waals surface area contributed by atoms with Gasteiger partial charge in [-0.05, 0) is 31.6 Å². The molecule has 1 spiro atoms. The number of nitrogens with zero attached hydrogens (tertiary/aromatic N) is 1. The summed E-state index contributed by atoms with van der Waals surface area (Å²) >= 11 is 0. The Labute approximate surface area is 120 Å². The van der Waals surface area contributed by atoms with Crippen LogP contribution < -0.4 is 5.32 Å². The maximum atomic E-state index is 12.8. The predicted molar refractivity (Wildman–Crippen MR) is 74.1 cm³/mol. The van der Waals surface area contributed by atoms with Gasteiger partial charge in [0.05, 0.1) is 13.2 Å². The third kappa shape index (κ3) is 2.68. The molecule has 1 aliphatic carbocycles. The maximum absolute atomic E-state index is 12.8. The number of rotatable bonds is 2. The van der Waals surface area contributed by atoms with Crippen molar-refractivity contribution in [3.63, 3.8) is 0 Å². The zero-order valence-electron chi connectivity index (χ0n) is 12.0. The molecule has 2 heterocycles. The van der Waals surface area contributed by atoms with Crippen LogP contribution in [0.2, 0.25) is 0 Å². The highest BCUT2D eigenvalue weighted by Crippen LogP contribution is 2.32. The first kappa shape index (κ1) is 13.9. The lowest BCUT2D eigenvalue weighted by Gasteiger charge is -2.45. The van der Waals surface area contributed by atoms with Gasteiger partial charge in [0.15, 0.2) is 0 Å². The normalized spacial score (nSPS) is 30.4. The first-order chi connectivity index (χ1) is 9.70. The van der Waals surface area contributed by atoms with Gasteiger partial charge < -0.3 is 15.0 Å². The summed E-state index contributed by atoms with van der Waals surface area (Å²) in [6.07, 6.45) is 6.99. The van der Waals surface area contributed by atoms with Crippen molar-refractivity contribution < 1.29 is 14.3 Å². The van der Waals surface area contributed by atoms with Crippen LogP contribution in [0.15, 0.2) is 0 Å². The minimum Gasteiger partial charge on any atom is -0.381 e. The number of nitrogens with one attached hydrogen (secondary N) is 1. The molecule has 2 aliphatic heterocycles. The van der Waals surface area contributed by atoms with E-state index in [0.717, 1.165) is 51.7 Å². The fourth-order valence-corrected chi connectivity index (χ4v) is 3.81. The third-order valence-electron chi connectivity index (χ3n) is 4.85. The Morgan fingerprint density at radius 2 is 2.00 bits per heavy atom. The molecule has 1 unspecified atom stereocenters. The number of ether oxygens (including phenoxy) is 1. The van der Waals surface area contributed by atoms with Crippen LogP contribution in [0.5, 0.6) is 0 Å². The Kier molecular flexibility index (Phi) is 3.96. The largest absolute Gasteiger partial charge is 0.381 e. The van der Waals surface area contributed by atoms with Crippen molar-refractivity contribution in [3.8, 4) is 0 Å². The molecule has 112 valence electrons. The molecular weight excluding hydrogens is 256 g/mol. The van der Waals surface area contributed by atoms with Crippen molar-refractivity contribution >= 4 is 11.8 Å². The molecule has 3 aliphatic rings. The fourth-order valence-electron chi connectivity index (χ4n) is 3.81. The van der Waals surface area contributed by atoms with Gasteiger partial charge in [-0.15, -0.1) is 0 Å². The lowest BCUT2D eigenvalue weighted by atomic mass is 9.79. The number of piperazine rings is 1. The van der Waals surface area contributed by atoms with Gasteiger partial charge in [-0.3, -0.25) is 9.59 Å². The number of carbonyl (C=O) groups is 2. The lowest BCUT2D eigenvalue weighted by molar-refractivity contribution is -0.152. The lowest BCUT2D eigenvalue weighted by Crippen LogP contribution is -2.67. The van der Waals surface area contributed by atoms with Crippen molar-refractivity contribution in [1.82, 2.24) is 10.2 Å². The summed E-state index contributed by atoms with van der Waals surface area (Å²) in [5.74, 6) is 0.532. The maximum Gasteiger partial charge on any atom is 0.248 e. The third-order valence-corrected chi connectivity index (χ3v) is 4.85. The van der Waals surface area contributed by atoms with Gasteiger partial charge in [-0.25, -0.2) is 0 Å². The Morgan fingerprint density at radius 3 is 2.70 bits per heavy atom. The summed E-state index contributed by atoms with van der Waals surface area (Å²) in [5.41, 5.74) is -0.594. The Bertz CT molecular complexity index is 385. The van der Waals surface area contributed by atoms with Gasteiger partial charge in [0.25, 0.3) is 0 Å². The van der Waals surface area contributed by atoms with Crippen LogP contribution in [-0.2, 0) is 14.3 Å². The standard InChI is InChI=1S/C15H24N2O3/c18-13-10-17(9-12-5-4-8-20-11-12)14(19)15(16-13)6-2-1-3-7-15/h12H,1-11H2,(H,16,18). The van der Waals surface area contributed by atoms with Crippen LogP contribution in [0.25, 0.3) is 0 Å². The van der Waals surface area contributed by atoms with Crippen molar-refractivity contribution in [3.05, 3.63) is 0 Å². The summed E-state index contributed by atoms with van der Waals surface area (Å²) in [4.78, 5) is 26.6. The second-order valence-electron chi connectivity index (χ2n) is 6.46. The van der Waals surface area contributed by atoms with E-state index >= 15 is 0 Å². The number of hydrogen-bond acceptors (Lipinski definition) is 3. The van der Waals surface area contributed by atoms with Crippen molar-refractivity contribution in [2.24, 2.45) is 5.92 Å². The topological polar surface area (TPSA) is 58.6 Å². The summed E-state index contributed by atoms with van der Waals surface area (Å²) in [7, 11) is 0. The van der Waals surface area contributed by atoms with Crippen LogP contribution in [0, 0.1) is 5.92 Å². The Hall–Kier alpha value is -1.10. The van der Waals surface area contributed by atoms with Gasteiger partial charge in [0, 0.05) is 13.2 Å². The van der Waals surface area contributed by atoms with Crippen LogP contribution >= 0.6 is 0 Å². The van der Waals surface area contributed by atoms with Gasteiger partial charge >= 0.3 is 0 Å². The van der Waals surface area contributed by atoms with E-state index in [2.05, 4.69) is 5.32 Å². The number of carbonyl (C=O) groups excluding carboxylic acids is 2. The highest BCUT2D eigenvalue weighted by Gasteiger charge is 2.47. The summed E-state index contributed by atoms with van der Waals surface area (Å²) in [6.45, 7) is 2.44. The number of hydrogen-bond donors (Lipinski definition) is 1. The van der Waals surface area contributed by atoms with Gasteiger partial charge in [-0.1, -0.05) is 19.3 Å². The quantitative estimate of drug-likeness (QED) is 0.823. The van der Waals surface area contributed by atoms with E-state index in [4.69, 9.17) is 4.74 Å². The molecule has 1 atom stereocenters. The van der Waals surface area contributed by atoms with E-state index in [0.29, 0.717) is 12.5 Å². The van der Waals surface area contributed by atoms with E-state index in [-0.39, 0.29) is 18.4 Å². The van der Waals surface area contributed by atoms with Crippen molar-refractivity contribution in [1.29, 1.82) is 0 Å². The molecule has 3 fully saturated rings. The molecule has 1 saturated carbocycles. The molecule has 0 aromatic carbocycles. The smallest absolute Gasteiger partial charge is 0.248 e. The minimum atomic E-state index is -0.594. The summed E-state index contributed by atoms with van der Waals surface area (Å²) in [5, 5.41) is 2.99. The first-order valence-corrected chi connectivity index (χ1v) is 7.88. The molecule has 0 bridgehead atoms. The molecule has 0 radical (unpaired) electrons. The van der Waals surface area contributed by atoms with E-state index in [1.165, 1.54) is 6.42 Å². The highest BCUT2D eigenvalue weighted by atomic mass is 16.5. The van der Waals surface area contributed by atoms with Gasteiger partial charge in [0.1, 0.15) is 5.54 Å². The fraction of sp³-hybridized carbons (Fsp3) is 0.867. The van der Waals surface area contributed by atoms with Crippen LogP contribution in [-0.4, -0.2) is 48.6 Å². The molecule has 5 heteroatoms. The predicted octanol–water partition coefficient (Wildman–Crippen LogP) is 1.07. The molecule has 2 saturated heterocycles. The van der Waals surface area contributed by atoms with E-state index < -0.39 is 5.54 Å². The number of amides is 2. The summed E-state index contributed by atoms with van der Waals surface area (Å²) in [6, 6.07) is 0. The van der Waals surface area contributed by atoms with Crippen LogP contribution in [0.3, 0.4) is 0 Å². The molecule has 3 rings (SSSR count). The minimum absolute atomic E-state index is 0.00299. The average Bonchev–Trinajstić information content (AvgIpc) is 2.46. The zero-order chi connectivity index (χ0) is 14.0. The van der Waals surface area contributed by atoms with Crippen molar-refractivity contribution in [2.75, 3.05) is 26.3 Å². The molecule has 0 aromatic heterocycles. The first-order valence-electron chi connectivity index (χ1n) is 7.88. The Balaban J connectivity index is 1.69. The second kappa shape index (κ2) is 5.72. The van der Waals surface area contributed by atoms with E-state index in [1.807, 2.05) is 0 Å². The van der Waals surface area contributed by atoms with Crippen LogP contribution in [0.4, 0.5) is 0 Å². The van der Waals surface area contributed by atoms with E-state index in [1.54, 1.807) is 4.90 Å². The Morgan fingerprint density at radius 1 is 1.20 bits per heavy atom. The monoisotopic (exact) mass is 280 g/mol. The van der Waals surface area contributed by atoms with Crippen LogP contribution in [0.1, 0.15) is 44.9 Å². The van der Waals surface area contributed by atoms with Crippen molar-refractivity contribution in [2.45, 2.75) is 50.5 Å². The average molecular weight is 280 g/mol. The molecular formula is C15H24N2O3. The molecule has 0 aromatic rings. The highest BCUT2D eigenvalue weighted by molar-refractivity contribution is 5.98. The summed E-state index contributed by atoms with van der Waals surface area (Å²) < 4.78 is 5.48. The SMILES string of the molecule is O=C1CN(CC2CCCOC2)C(=O)C2(CCCCC2)N1.